The molecule has 1 aliphatic rings. The Bertz CT molecular complexity index is 1430. The van der Waals surface area contributed by atoms with Crippen LogP contribution in [0.2, 0.25) is 0 Å². The number of hydrogen-bond donors (Lipinski definition) is 0. The lowest BCUT2D eigenvalue weighted by molar-refractivity contribution is 0.662. The molecule has 2 heteroatoms. The van der Waals surface area contributed by atoms with Crippen LogP contribution < -0.4 is 0 Å². The standard InChI is InChI=1S/C29H22N2/c1-29(2)24-11-5-3-9-22(24)28-27(29)26(23-10-4-6-12-25(23)31-28)20-15-13-19(14-16-20)21-8-7-17-30-18-21/h3-18H,1-2H3. The molecule has 0 saturated heterocycles. The molecule has 0 fully saturated rings. The van der Waals surface area contributed by atoms with Crippen molar-refractivity contribution in [2.45, 2.75) is 19.3 Å². The molecule has 0 atom stereocenters. The minimum absolute atomic E-state index is 0.111. The highest BCUT2D eigenvalue weighted by Crippen LogP contribution is 2.53. The number of pyridine rings is 2. The van der Waals surface area contributed by atoms with Gasteiger partial charge >= 0.3 is 0 Å². The van der Waals surface area contributed by atoms with E-state index in [1.54, 1.807) is 0 Å². The lowest BCUT2D eigenvalue weighted by atomic mass is 9.78. The van der Waals surface area contributed by atoms with Crippen LogP contribution in [0.15, 0.2) is 97.3 Å². The second kappa shape index (κ2) is 6.61. The summed E-state index contributed by atoms with van der Waals surface area (Å²) in [5.41, 5.74) is 10.8. The van der Waals surface area contributed by atoms with Crippen LogP contribution >= 0.6 is 0 Å². The fraction of sp³-hybridized carbons (Fsp3) is 0.103. The number of fused-ring (bicyclic) bond motifs is 4. The Labute approximate surface area is 182 Å². The van der Waals surface area contributed by atoms with Gasteiger partial charge in [0.2, 0.25) is 0 Å². The van der Waals surface area contributed by atoms with Crippen molar-refractivity contribution in [2.24, 2.45) is 0 Å². The van der Waals surface area contributed by atoms with Gasteiger partial charge in [-0.05, 0) is 45.5 Å². The summed E-state index contributed by atoms with van der Waals surface area (Å²) in [7, 11) is 0. The van der Waals surface area contributed by atoms with Gasteiger partial charge < -0.3 is 0 Å². The molecule has 0 amide bonds. The predicted molar refractivity (Wildman–Crippen MR) is 128 cm³/mol. The predicted octanol–water partition coefficient (Wildman–Crippen LogP) is 7.27. The number of para-hydroxylation sites is 1. The maximum atomic E-state index is 5.14. The maximum Gasteiger partial charge on any atom is 0.0759 e. The first-order valence-electron chi connectivity index (χ1n) is 10.7. The van der Waals surface area contributed by atoms with Crippen LogP contribution in [0.1, 0.15) is 25.0 Å². The van der Waals surface area contributed by atoms with Gasteiger partial charge in [-0.25, -0.2) is 4.98 Å². The van der Waals surface area contributed by atoms with Crippen molar-refractivity contribution >= 4 is 10.9 Å². The van der Waals surface area contributed by atoms with Crippen molar-refractivity contribution in [3.8, 4) is 33.5 Å². The zero-order chi connectivity index (χ0) is 21.0. The fourth-order valence-electron chi connectivity index (χ4n) is 5.05. The molecule has 2 heterocycles. The minimum atomic E-state index is -0.111. The van der Waals surface area contributed by atoms with Crippen LogP contribution in [0.4, 0.5) is 0 Å². The van der Waals surface area contributed by atoms with E-state index in [0.717, 1.165) is 16.8 Å². The van der Waals surface area contributed by atoms with E-state index < -0.39 is 0 Å². The van der Waals surface area contributed by atoms with Crippen LogP contribution in [0.3, 0.4) is 0 Å². The number of nitrogens with zero attached hydrogens (tertiary/aromatic N) is 2. The molecular weight excluding hydrogens is 376 g/mol. The Balaban J connectivity index is 1.64. The van der Waals surface area contributed by atoms with Gasteiger partial charge in [-0.1, -0.05) is 86.6 Å². The van der Waals surface area contributed by atoms with E-state index >= 15 is 0 Å². The minimum Gasteiger partial charge on any atom is -0.264 e. The first-order valence-corrected chi connectivity index (χ1v) is 10.7. The third-order valence-corrected chi connectivity index (χ3v) is 6.54. The van der Waals surface area contributed by atoms with Gasteiger partial charge in [0.15, 0.2) is 0 Å². The van der Waals surface area contributed by atoms with Crippen molar-refractivity contribution < 1.29 is 0 Å². The third kappa shape index (κ3) is 2.65. The van der Waals surface area contributed by atoms with Crippen molar-refractivity contribution in [3.63, 3.8) is 0 Å². The molecule has 0 spiro atoms. The van der Waals surface area contributed by atoms with E-state index in [9.17, 15) is 0 Å². The SMILES string of the molecule is CC1(C)c2ccccc2-c2nc3ccccc3c(-c3ccc(-c4cccnc4)cc3)c21. The van der Waals surface area contributed by atoms with E-state index in [2.05, 4.69) is 97.7 Å². The highest BCUT2D eigenvalue weighted by Gasteiger charge is 2.39. The third-order valence-electron chi connectivity index (χ3n) is 6.54. The highest BCUT2D eigenvalue weighted by molar-refractivity contribution is 6.02. The fourth-order valence-corrected chi connectivity index (χ4v) is 5.05. The van der Waals surface area contributed by atoms with Crippen molar-refractivity contribution in [3.05, 3.63) is 108 Å². The largest absolute Gasteiger partial charge is 0.264 e. The second-order valence-electron chi connectivity index (χ2n) is 8.72. The van der Waals surface area contributed by atoms with Crippen molar-refractivity contribution in [2.75, 3.05) is 0 Å². The molecule has 0 saturated carbocycles. The number of rotatable bonds is 2. The zero-order valence-corrected chi connectivity index (χ0v) is 17.6. The summed E-state index contributed by atoms with van der Waals surface area (Å²) in [6.07, 6.45) is 3.72. The van der Waals surface area contributed by atoms with E-state index in [1.165, 1.54) is 38.8 Å². The van der Waals surface area contributed by atoms with Gasteiger partial charge in [0.05, 0.1) is 11.2 Å². The average molecular weight is 399 g/mol. The molecule has 1 aliphatic carbocycles. The molecular formula is C29H22N2. The molecule has 0 bridgehead atoms. The maximum absolute atomic E-state index is 5.14. The van der Waals surface area contributed by atoms with Gasteiger partial charge in [-0.2, -0.15) is 0 Å². The topological polar surface area (TPSA) is 25.8 Å². The first kappa shape index (κ1) is 18.0. The monoisotopic (exact) mass is 398 g/mol. The van der Waals surface area contributed by atoms with Gasteiger partial charge in [0.25, 0.3) is 0 Å². The average Bonchev–Trinajstić information content (AvgIpc) is 3.05. The molecule has 0 aliphatic heterocycles. The molecule has 148 valence electrons. The quantitative estimate of drug-likeness (QED) is 0.312. The molecule has 6 rings (SSSR count). The summed E-state index contributed by atoms with van der Waals surface area (Å²) < 4.78 is 0. The summed E-state index contributed by atoms with van der Waals surface area (Å²) in [4.78, 5) is 9.40. The van der Waals surface area contributed by atoms with E-state index in [0.29, 0.717) is 0 Å². The Morgan fingerprint density at radius 3 is 2.23 bits per heavy atom. The van der Waals surface area contributed by atoms with Crippen LogP contribution in [0.25, 0.3) is 44.4 Å². The van der Waals surface area contributed by atoms with Crippen molar-refractivity contribution in [1.82, 2.24) is 9.97 Å². The van der Waals surface area contributed by atoms with E-state index in [-0.39, 0.29) is 5.41 Å². The van der Waals surface area contributed by atoms with Gasteiger partial charge in [0, 0.05) is 28.8 Å². The number of aromatic nitrogens is 2. The number of benzene rings is 3. The highest BCUT2D eigenvalue weighted by atomic mass is 14.7. The Morgan fingerprint density at radius 1 is 0.677 bits per heavy atom. The molecule has 2 nitrogen and oxygen atoms in total. The molecule has 0 N–H and O–H groups in total. The summed E-state index contributed by atoms with van der Waals surface area (Å²) in [5.74, 6) is 0. The summed E-state index contributed by atoms with van der Waals surface area (Å²) in [6.45, 7) is 4.64. The van der Waals surface area contributed by atoms with Gasteiger partial charge in [0.1, 0.15) is 0 Å². The summed E-state index contributed by atoms with van der Waals surface area (Å²) in [5, 5.41) is 1.20. The molecule has 2 aromatic heterocycles. The van der Waals surface area contributed by atoms with Gasteiger partial charge in [-0.15, -0.1) is 0 Å². The Hall–Kier alpha value is -3.78. The van der Waals surface area contributed by atoms with Crippen LogP contribution in [-0.4, -0.2) is 9.97 Å². The zero-order valence-electron chi connectivity index (χ0n) is 17.6. The smallest absolute Gasteiger partial charge is 0.0759 e. The molecule has 0 unspecified atom stereocenters. The molecule has 5 aromatic rings. The van der Waals surface area contributed by atoms with E-state index in [1.807, 2.05) is 18.5 Å². The lowest BCUT2D eigenvalue weighted by Crippen LogP contribution is -2.16. The summed E-state index contributed by atoms with van der Waals surface area (Å²) >= 11 is 0. The van der Waals surface area contributed by atoms with Crippen molar-refractivity contribution in [1.29, 1.82) is 0 Å². The lowest BCUT2D eigenvalue weighted by Gasteiger charge is -2.25. The van der Waals surface area contributed by atoms with Crippen LogP contribution in [0.5, 0.6) is 0 Å². The normalized spacial score (nSPS) is 13.7. The number of hydrogen-bond acceptors (Lipinski definition) is 2. The Kier molecular flexibility index (Phi) is 3.85. The summed E-state index contributed by atoms with van der Waals surface area (Å²) in [6, 6.07) is 30.2. The molecule has 31 heavy (non-hydrogen) atoms. The molecule has 0 radical (unpaired) electrons. The first-order chi connectivity index (χ1) is 15.1. The molecule has 3 aromatic carbocycles. The van der Waals surface area contributed by atoms with Gasteiger partial charge in [-0.3, -0.25) is 4.98 Å². The second-order valence-corrected chi connectivity index (χ2v) is 8.72. The van der Waals surface area contributed by atoms with Crippen LogP contribution in [-0.2, 0) is 5.41 Å². The van der Waals surface area contributed by atoms with E-state index in [4.69, 9.17) is 4.98 Å². The van der Waals surface area contributed by atoms with Crippen LogP contribution in [0, 0.1) is 0 Å². The Morgan fingerprint density at radius 2 is 1.42 bits per heavy atom.